The van der Waals surface area contributed by atoms with E-state index in [1.54, 1.807) is 0 Å². The summed E-state index contributed by atoms with van der Waals surface area (Å²) in [6, 6.07) is 10.4. The number of hydrogen-bond donors (Lipinski definition) is 1. The predicted octanol–water partition coefficient (Wildman–Crippen LogP) is 2.93. The van der Waals surface area contributed by atoms with Gasteiger partial charge in [-0.3, -0.25) is 4.79 Å². The quantitative estimate of drug-likeness (QED) is 0.782. The number of hydrogen-bond acceptors (Lipinski definition) is 3. The van der Waals surface area contributed by atoms with Crippen molar-refractivity contribution in [2.45, 2.75) is 63.1 Å². The van der Waals surface area contributed by atoms with Crippen LogP contribution in [0.3, 0.4) is 0 Å². The smallest absolute Gasteiger partial charge is 0.225 e. The third-order valence-corrected chi connectivity index (χ3v) is 5.32. The van der Waals surface area contributed by atoms with E-state index in [2.05, 4.69) is 24.3 Å². The number of benzene rings is 1. The summed E-state index contributed by atoms with van der Waals surface area (Å²) in [5.41, 5.74) is 0.597. The lowest BCUT2D eigenvalue weighted by atomic mass is 9.97. The van der Waals surface area contributed by atoms with Gasteiger partial charge in [0.2, 0.25) is 5.91 Å². The fraction of sp³-hybridized carbons (Fsp3) is 0.650. The van der Waals surface area contributed by atoms with Crippen molar-refractivity contribution in [3.8, 4) is 0 Å². The highest BCUT2D eigenvalue weighted by Crippen LogP contribution is 2.33. The summed E-state index contributed by atoms with van der Waals surface area (Å²) < 4.78 is 5.94. The van der Waals surface area contributed by atoms with Crippen molar-refractivity contribution in [3.05, 3.63) is 35.9 Å². The summed E-state index contributed by atoms with van der Waals surface area (Å²) in [5.74, 6) is 0.0924. The summed E-state index contributed by atoms with van der Waals surface area (Å²) >= 11 is 0. The Morgan fingerprint density at radius 3 is 2.75 bits per heavy atom. The normalized spacial score (nSPS) is 22.9. The largest absolute Gasteiger partial charge is 0.389 e. The molecule has 0 bridgehead atoms. The maximum Gasteiger partial charge on any atom is 0.225 e. The van der Waals surface area contributed by atoms with Gasteiger partial charge in [0.15, 0.2) is 0 Å². The number of carbonyl (C=O) groups is 1. The van der Waals surface area contributed by atoms with Crippen molar-refractivity contribution in [2.75, 3.05) is 19.7 Å². The molecule has 1 aromatic rings. The van der Waals surface area contributed by atoms with Crippen molar-refractivity contribution >= 4 is 5.91 Å². The number of ether oxygens (including phenoxy) is 1. The number of aliphatic hydroxyl groups is 1. The van der Waals surface area contributed by atoms with E-state index in [1.807, 2.05) is 11.0 Å². The van der Waals surface area contributed by atoms with Gasteiger partial charge in [-0.05, 0) is 37.7 Å². The summed E-state index contributed by atoms with van der Waals surface area (Å²) in [5, 5.41) is 10.4. The Balaban J connectivity index is 1.34. The monoisotopic (exact) mass is 331 g/mol. The average molecular weight is 331 g/mol. The molecule has 1 saturated carbocycles. The molecule has 1 atom stereocenters. The number of carbonyl (C=O) groups excluding carboxylic acids is 1. The van der Waals surface area contributed by atoms with Gasteiger partial charge in [0.05, 0.1) is 18.1 Å². The molecule has 1 amide bonds. The maximum atomic E-state index is 12.4. The molecule has 2 aliphatic rings. The van der Waals surface area contributed by atoms with E-state index in [0.717, 1.165) is 58.1 Å². The Bertz CT molecular complexity index is 525. The minimum atomic E-state index is -0.744. The molecule has 1 heterocycles. The Morgan fingerprint density at radius 1 is 1.25 bits per heavy atom. The zero-order valence-corrected chi connectivity index (χ0v) is 14.5. The highest BCUT2D eigenvalue weighted by molar-refractivity contribution is 5.77. The van der Waals surface area contributed by atoms with Gasteiger partial charge < -0.3 is 14.7 Å². The number of aryl methyl sites for hydroxylation is 1. The fourth-order valence-corrected chi connectivity index (χ4v) is 3.86. The summed E-state index contributed by atoms with van der Waals surface area (Å²) in [6.07, 6.45) is 7.01. The van der Waals surface area contributed by atoms with Crippen LogP contribution in [0.15, 0.2) is 30.3 Å². The Hall–Kier alpha value is -1.39. The summed E-state index contributed by atoms with van der Waals surface area (Å²) in [4.78, 5) is 14.3. The van der Waals surface area contributed by atoms with Crippen LogP contribution in [0.2, 0.25) is 0 Å². The topological polar surface area (TPSA) is 49.8 Å². The Kier molecular flexibility index (Phi) is 5.90. The van der Waals surface area contributed by atoms with Crippen LogP contribution in [0.4, 0.5) is 0 Å². The van der Waals surface area contributed by atoms with Crippen LogP contribution in [0.25, 0.3) is 0 Å². The van der Waals surface area contributed by atoms with E-state index in [-0.39, 0.29) is 18.4 Å². The molecule has 4 nitrogen and oxygen atoms in total. The molecule has 1 saturated heterocycles. The highest BCUT2D eigenvalue weighted by Gasteiger charge is 2.36. The molecule has 1 aliphatic heterocycles. The zero-order valence-electron chi connectivity index (χ0n) is 14.5. The molecule has 4 heteroatoms. The summed E-state index contributed by atoms with van der Waals surface area (Å²) in [7, 11) is 0. The third kappa shape index (κ3) is 4.81. The van der Waals surface area contributed by atoms with Gasteiger partial charge in [-0.15, -0.1) is 0 Å². The van der Waals surface area contributed by atoms with E-state index in [4.69, 9.17) is 4.74 Å². The lowest BCUT2D eigenvalue weighted by Crippen LogP contribution is -2.37. The van der Waals surface area contributed by atoms with Gasteiger partial charge in [0, 0.05) is 19.7 Å². The molecule has 132 valence electrons. The van der Waals surface area contributed by atoms with Crippen LogP contribution in [0.5, 0.6) is 0 Å². The van der Waals surface area contributed by atoms with Crippen molar-refractivity contribution in [2.24, 2.45) is 0 Å². The predicted molar refractivity (Wildman–Crippen MR) is 93.7 cm³/mol. The number of rotatable bonds is 7. The first-order valence-electron chi connectivity index (χ1n) is 9.30. The molecule has 1 N–H and O–H groups in total. The van der Waals surface area contributed by atoms with Crippen LogP contribution in [-0.4, -0.2) is 47.3 Å². The summed E-state index contributed by atoms with van der Waals surface area (Å²) in [6.45, 7) is 2.18. The molecule has 0 spiro atoms. The third-order valence-electron chi connectivity index (χ3n) is 5.32. The Morgan fingerprint density at radius 2 is 2.00 bits per heavy atom. The second-order valence-corrected chi connectivity index (χ2v) is 7.32. The van der Waals surface area contributed by atoms with Crippen molar-refractivity contribution in [3.63, 3.8) is 0 Å². The molecule has 1 unspecified atom stereocenters. The molecular weight excluding hydrogens is 302 g/mol. The van der Waals surface area contributed by atoms with Crippen LogP contribution < -0.4 is 0 Å². The van der Waals surface area contributed by atoms with E-state index < -0.39 is 5.60 Å². The molecule has 0 radical (unpaired) electrons. The van der Waals surface area contributed by atoms with Gasteiger partial charge in [-0.25, -0.2) is 0 Å². The molecule has 0 aromatic heterocycles. The van der Waals surface area contributed by atoms with Crippen molar-refractivity contribution in [1.29, 1.82) is 0 Å². The zero-order chi connectivity index (χ0) is 16.8. The Labute approximate surface area is 144 Å². The molecule has 1 aliphatic carbocycles. The minimum Gasteiger partial charge on any atom is -0.389 e. The van der Waals surface area contributed by atoms with Gasteiger partial charge in [0.1, 0.15) is 0 Å². The standard InChI is InChI=1S/C20H29NO3/c22-19(15-20(23)11-4-5-12-20)21-13-10-18(16-21)24-14-6-9-17-7-2-1-3-8-17/h1-3,7-8,18,23H,4-6,9-16H2. The average Bonchev–Trinajstić information content (AvgIpc) is 3.22. The highest BCUT2D eigenvalue weighted by atomic mass is 16.5. The van der Waals surface area contributed by atoms with Crippen LogP contribution in [0.1, 0.15) is 50.5 Å². The van der Waals surface area contributed by atoms with Crippen molar-refractivity contribution in [1.82, 2.24) is 4.90 Å². The number of amides is 1. The first-order valence-corrected chi connectivity index (χ1v) is 9.30. The fourth-order valence-electron chi connectivity index (χ4n) is 3.86. The maximum absolute atomic E-state index is 12.4. The van der Waals surface area contributed by atoms with Gasteiger partial charge in [-0.1, -0.05) is 43.2 Å². The van der Waals surface area contributed by atoms with Crippen LogP contribution >= 0.6 is 0 Å². The number of likely N-dealkylation sites (tertiary alicyclic amines) is 1. The molecule has 24 heavy (non-hydrogen) atoms. The van der Waals surface area contributed by atoms with Crippen molar-refractivity contribution < 1.29 is 14.6 Å². The van der Waals surface area contributed by atoms with Crippen LogP contribution in [-0.2, 0) is 16.0 Å². The molecule has 2 fully saturated rings. The first-order chi connectivity index (χ1) is 11.6. The molecule has 1 aromatic carbocycles. The second kappa shape index (κ2) is 8.13. The number of nitrogens with zero attached hydrogens (tertiary/aromatic N) is 1. The SMILES string of the molecule is O=C(CC1(O)CCCC1)N1CCC(OCCCc2ccccc2)C1. The second-order valence-electron chi connectivity index (χ2n) is 7.32. The van der Waals surface area contributed by atoms with Crippen LogP contribution in [0, 0.1) is 0 Å². The molecule has 3 rings (SSSR count). The van der Waals surface area contributed by atoms with E-state index in [0.29, 0.717) is 6.54 Å². The van der Waals surface area contributed by atoms with E-state index in [9.17, 15) is 9.90 Å². The van der Waals surface area contributed by atoms with Gasteiger partial charge in [-0.2, -0.15) is 0 Å². The van der Waals surface area contributed by atoms with Gasteiger partial charge in [0.25, 0.3) is 0 Å². The molecular formula is C20H29NO3. The lowest BCUT2D eigenvalue weighted by molar-refractivity contribution is -0.135. The van der Waals surface area contributed by atoms with E-state index in [1.165, 1.54) is 5.56 Å². The van der Waals surface area contributed by atoms with E-state index >= 15 is 0 Å². The minimum absolute atomic E-state index is 0.0924. The lowest BCUT2D eigenvalue weighted by Gasteiger charge is -2.25. The van der Waals surface area contributed by atoms with Gasteiger partial charge >= 0.3 is 0 Å². The first kappa shape index (κ1) is 17.4.